The molecule has 0 unspecified atom stereocenters. The van der Waals surface area contributed by atoms with Crippen LogP contribution in [-0.4, -0.2) is 19.0 Å². The molecule has 0 aliphatic carbocycles. The summed E-state index contributed by atoms with van der Waals surface area (Å²) in [4.78, 5) is 4.94. The van der Waals surface area contributed by atoms with Gasteiger partial charge in [0.2, 0.25) is 0 Å². The number of hydrogen-bond acceptors (Lipinski definition) is 3. The molecule has 1 atom stereocenters. The van der Waals surface area contributed by atoms with Crippen molar-refractivity contribution in [2.45, 2.75) is 27.3 Å². The van der Waals surface area contributed by atoms with Crippen LogP contribution < -0.4 is 0 Å². The standard InChI is InChI=1S/C23H23NS2/c1-24(2)15-17-11-13-19(14-12-17)26-23-20-8-4-3-7-18(20)16-25-22-10-6-5-9-21(22)23/h3-14,23H,15-16H2,1-2H3/t23-/m1/s1. The maximum Gasteiger partial charge on any atom is 0.0607 e. The van der Waals surface area contributed by atoms with Crippen molar-refractivity contribution in [1.29, 1.82) is 0 Å². The fourth-order valence-corrected chi connectivity index (χ4v) is 5.81. The second-order valence-electron chi connectivity index (χ2n) is 6.90. The molecule has 1 heterocycles. The van der Waals surface area contributed by atoms with Gasteiger partial charge >= 0.3 is 0 Å². The van der Waals surface area contributed by atoms with Crippen molar-refractivity contribution in [2.24, 2.45) is 0 Å². The first-order valence-corrected chi connectivity index (χ1v) is 10.8. The Balaban J connectivity index is 1.69. The van der Waals surface area contributed by atoms with Crippen molar-refractivity contribution >= 4 is 23.5 Å². The second-order valence-corrected chi connectivity index (χ2v) is 9.10. The molecule has 0 spiro atoms. The van der Waals surface area contributed by atoms with Gasteiger partial charge in [0.15, 0.2) is 0 Å². The van der Waals surface area contributed by atoms with E-state index in [-0.39, 0.29) is 0 Å². The third-order valence-electron chi connectivity index (χ3n) is 4.60. The van der Waals surface area contributed by atoms with Gasteiger partial charge in [-0.3, -0.25) is 0 Å². The van der Waals surface area contributed by atoms with E-state index in [1.165, 1.54) is 32.0 Å². The zero-order chi connectivity index (χ0) is 17.9. The van der Waals surface area contributed by atoms with Gasteiger partial charge in [-0.05, 0) is 54.5 Å². The minimum Gasteiger partial charge on any atom is -0.305 e. The molecule has 0 fully saturated rings. The first-order chi connectivity index (χ1) is 12.7. The fraction of sp³-hybridized carbons (Fsp3) is 0.217. The summed E-state index contributed by atoms with van der Waals surface area (Å²) in [5.41, 5.74) is 5.70. The van der Waals surface area contributed by atoms with E-state index in [2.05, 4.69) is 91.8 Å². The van der Waals surface area contributed by atoms with Gasteiger partial charge in [-0.2, -0.15) is 0 Å². The van der Waals surface area contributed by atoms with Crippen LogP contribution in [0.4, 0.5) is 0 Å². The molecule has 0 aromatic heterocycles. The van der Waals surface area contributed by atoms with Crippen LogP contribution in [0.3, 0.4) is 0 Å². The quantitative estimate of drug-likeness (QED) is 0.530. The van der Waals surface area contributed by atoms with Gasteiger partial charge < -0.3 is 4.90 Å². The van der Waals surface area contributed by atoms with Crippen molar-refractivity contribution < 1.29 is 0 Å². The third-order valence-corrected chi connectivity index (χ3v) is 7.02. The zero-order valence-corrected chi connectivity index (χ0v) is 16.8. The maximum atomic E-state index is 2.30. The van der Waals surface area contributed by atoms with Crippen molar-refractivity contribution in [3.8, 4) is 0 Å². The molecule has 0 amide bonds. The van der Waals surface area contributed by atoms with Gasteiger partial charge in [0.1, 0.15) is 0 Å². The Bertz CT molecular complexity index is 839. The molecule has 1 aliphatic heterocycles. The van der Waals surface area contributed by atoms with Crippen molar-refractivity contribution in [1.82, 2.24) is 4.90 Å². The number of hydrogen-bond donors (Lipinski definition) is 0. The van der Waals surface area contributed by atoms with E-state index in [9.17, 15) is 0 Å². The van der Waals surface area contributed by atoms with Gasteiger partial charge in [-0.25, -0.2) is 0 Å². The summed E-state index contributed by atoms with van der Waals surface area (Å²) in [6.45, 7) is 0.983. The fourth-order valence-electron chi connectivity index (χ4n) is 3.37. The lowest BCUT2D eigenvalue weighted by Gasteiger charge is -2.20. The van der Waals surface area contributed by atoms with Gasteiger partial charge in [0.25, 0.3) is 0 Å². The molecule has 0 saturated carbocycles. The molecular formula is C23H23NS2. The number of benzene rings is 3. The van der Waals surface area contributed by atoms with Crippen LogP contribution in [0.15, 0.2) is 82.6 Å². The highest BCUT2D eigenvalue weighted by atomic mass is 32.2. The van der Waals surface area contributed by atoms with Crippen LogP contribution in [0.2, 0.25) is 0 Å². The van der Waals surface area contributed by atoms with Gasteiger partial charge in [-0.15, -0.1) is 23.5 Å². The number of fused-ring (bicyclic) bond motifs is 2. The van der Waals surface area contributed by atoms with E-state index >= 15 is 0 Å². The van der Waals surface area contributed by atoms with Crippen LogP contribution >= 0.6 is 23.5 Å². The summed E-state index contributed by atoms with van der Waals surface area (Å²) < 4.78 is 0. The van der Waals surface area contributed by atoms with E-state index in [0.717, 1.165) is 12.3 Å². The van der Waals surface area contributed by atoms with E-state index in [4.69, 9.17) is 0 Å². The monoisotopic (exact) mass is 377 g/mol. The predicted molar refractivity (Wildman–Crippen MR) is 114 cm³/mol. The first-order valence-electron chi connectivity index (χ1n) is 8.90. The smallest absolute Gasteiger partial charge is 0.0607 e. The summed E-state index contributed by atoms with van der Waals surface area (Å²) in [5, 5.41) is 0.345. The van der Waals surface area contributed by atoms with E-state index in [1.54, 1.807) is 0 Å². The summed E-state index contributed by atoms with van der Waals surface area (Å²) in [6.07, 6.45) is 0. The Hall–Kier alpha value is -1.68. The molecule has 4 rings (SSSR count). The summed E-state index contributed by atoms with van der Waals surface area (Å²) in [6, 6.07) is 26.8. The lowest BCUT2D eigenvalue weighted by molar-refractivity contribution is 0.402. The highest BCUT2D eigenvalue weighted by molar-refractivity contribution is 8.00. The minimum absolute atomic E-state index is 0.345. The molecule has 0 radical (unpaired) electrons. The maximum absolute atomic E-state index is 2.30. The van der Waals surface area contributed by atoms with Gasteiger partial charge in [0.05, 0.1) is 5.25 Å². The first kappa shape index (κ1) is 17.7. The van der Waals surface area contributed by atoms with Crippen molar-refractivity contribution in [3.05, 3.63) is 95.1 Å². The molecule has 3 heteroatoms. The summed E-state index contributed by atoms with van der Waals surface area (Å²) in [7, 11) is 4.22. The van der Waals surface area contributed by atoms with Crippen LogP contribution in [0, 0.1) is 0 Å². The van der Waals surface area contributed by atoms with Gasteiger partial charge in [0, 0.05) is 22.1 Å². The molecule has 132 valence electrons. The molecule has 26 heavy (non-hydrogen) atoms. The zero-order valence-electron chi connectivity index (χ0n) is 15.2. The Kier molecular flexibility index (Phi) is 5.39. The minimum atomic E-state index is 0.345. The Labute approximate surface area is 164 Å². The molecule has 3 aromatic rings. The summed E-state index contributed by atoms with van der Waals surface area (Å²) >= 11 is 3.92. The normalized spacial score (nSPS) is 16.0. The summed E-state index contributed by atoms with van der Waals surface area (Å²) in [5.74, 6) is 1.05. The topological polar surface area (TPSA) is 3.24 Å². The molecule has 0 bridgehead atoms. The molecule has 3 aromatic carbocycles. The predicted octanol–water partition coefficient (Wildman–Crippen LogP) is 6.24. The van der Waals surface area contributed by atoms with Crippen LogP contribution in [0.1, 0.15) is 27.5 Å². The highest BCUT2D eigenvalue weighted by Crippen LogP contribution is 2.48. The Morgan fingerprint density at radius 1 is 0.885 bits per heavy atom. The lowest BCUT2D eigenvalue weighted by Crippen LogP contribution is -2.10. The van der Waals surface area contributed by atoms with Crippen LogP contribution in [0.25, 0.3) is 0 Å². The Morgan fingerprint density at radius 3 is 2.35 bits per heavy atom. The molecular weight excluding hydrogens is 354 g/mol. The average Bonchev–Trinajstić information content (AvgIpc) is 2.81. The lowest BCUT2D eigenvalue weighted by atomic mass is 10.0. The molecule has 1 aliphatic rings. The van der Waals surface area contributed by atoms with E-state index < -0.39 is 0 Å². The number of thioether (sulfide) groups is 2. The van der Waals surface area contributed by atoms with Gasteiger partial charge in [-0.1, -0.05) is 54.6 Å². The van der Waals surface area contributed by atoms with E-state index in [0.29, 0.717) is 5.25 Å². The number of rotatable bonds is 4. The Morgan fingerprint density at radius 2 is 1.58 bits per heavy atom. The molecule has 0 saturated heterocycles. The van der Waals surface area contributed by atoms with E-state index in [1.807, 2.05) is 23.5 Å². The second kappa shape index (κ2) is 7.91. The number of nitrogens with zero attached hydrogens (tertiary/aromatic N) is 1. The average molecular weight is 378 g/mol. The van der Waals surface area contributed by atoms with Crippen molar-refractivity contribution in [3.63, 3.8) is 0 Å². The van der Waals surface area contributed by atoms with Crippen LogP contribution in [-0.2, 0) is 12.3 Å². The van der Waals surface area contributed by atoms with Crippen molar-refractivity contribution in [2.75, 3.05) is 14.1 Å². The SMILES string of the molecule is CN(C)Cc1ccc(S[C@@H]2c3ccccc3CSc3ccccc32)cc1. The van der Waals surface area contributed by atoms with Crippen LogP contribution in [0.5, 0.6) is 0 Å². The largest absolute Gasteiger partial charge is 0.305 e. The highest BCUT2D eigenvalue weighted by Gasteiger charge is 2.24. The molecule has 0 N–H and O–H groups in total. The molecule has 1 nitrogen and oxygen atoms in total. The third kappa shape index (κ3) is 3.85.